The number of carboxylic acids is 1. The van der Waals surface area contributed by atoms with Gasteiger partial charge in [-0.05, 0) is 6.42 Å². The second-order valence-corrected chi connectivity index (χ2v) is 3.85. The van der Waals surface area contributed by atoms with Crippen LogP contribution in [0.2, 0.25) is 0 Å². The Morgan fingerprint density at radius 1 is 1.87 bits per heavy atom. The molecule has 0 saturated heterocycles. The predicted molar refractivity (Wildman–Crippen MR) is 60.2 cm³/mol. The Balaban J connectivity index is 2.64. The van der Waals surface area contributed by atoms with Crippen LogP contribution in [0.25, 0.3) is 0 Å². The smallest absolute Gasteiger partial charge is 0.355 e. The van der Waals surface area contributed by atoms with Gasteiger partial charge in [-0.15, -0.1) is 17.8 Å². The minimum Gasteiger partial charge on any atom is -0.476 e. The van der Waals surface area contributed by atoms with Crippen molar-refractivity contribution in [1.82, 2.24) is 4.98 Å². The van der Waals surface area contributed by atoms with E-state index >= 15 is 0 Å². The van der Waals surface area contributed by atoms with Crippen molar-refractivity contribution in [1.29, 1.82) is 0 Å². The van der Waals surface area contributed by atoms with Gasteiger partial charge in [0.2, 0.25) is 0 Å². The van der Waals surface area contributed by atoms with Crippen molar-refractivity contribution < 1.29 is 9.90 Å². The molecule has 80 valence electrons. The molecule has 1 rings (SSSR count). The van der Waals surface area contributed by atoms with E-state index in [0.717, 1.165) is 12.8 Å². The van der Waals surface area contributed by atoms with Crippen molar-refractivity contribution in [2.45, 2.75) is 25.8 Å². The Morgan fingerprint density at radius 2 is 2.60 bits per heavy atom. The highest BCUT2D eigenvalue weighted by Gasteiger charge is 2.10. The van der Waals surface area contributed by atoms with Gasteiger partial charge in [0.25, 0.3) is 0 Å². The second kappa shape index (κ2) is 5.37. The van der Waals surface area contributed by atoms with E-state index in [9.17, 15) is 4.79 Å². The van der Waals surface area contributed by atoms with Crippen LogP contribution in [-0.2, 0) is 0 Å². The zero-order chi connectivity index (χ0) is 11.3. The number of anilines is 1. The van der Waals surface area contributed by atoms with Crippen LogP contribution in [0.1, 0.15) is 30.3 Å². The van der Waals surface area contributed by atoms with E-state index < -0.39 is 5.97 Å². The van der Waals surface area contributed by atoms with Crippen LogP contribution < -0.4 is 5.32 Å². The summed E-state index contributed by atoms with van der Waals surface area (Å²) in [5, 5.41) is 13.7. The quantitative estimate of drug-likeness (QED) is 0.751. The lowest BCUT2D eigenvalue weighted by Gasteiger charge is -2.09. The second-order valence-electron chi connectivity index (χ2n) is 3.00. The molecule has 0 radical (unpaired) electrons. The number of aromatic carboxylic acids is 1. The Morgan fingerprint density at radius 3 is 3.07 bits per heavy atom. The van der Waals surface area contributed by atoms with Crippen LogP contribution in [0.5, 0.6) is 0 Å². The lowest BCUT2D eigenvalue weighted by molar-refractivity contribution is 0.0691. The van der Waals surface area contributed by atoms with Gasteiger partial charge in [-0.3, -0.25) is 0 Å². The van der Waals surface area contributed by atoms with Crippen LogP contribution in [0.4, 0.5) is 5.13 Å². The number of carbonyl (C=O) groups is 1. The summed E-state index contributed by atoms with van der Waals surface area (Å²) >= 11 is 1.25. The summed E-state index contributed by atoms with van der Waals surface area (Å²) in [4.78, 5) is 14.5. The van der Waals surface area contributed by atoms with Gasteiger partial charge in [0, 0.05) is 5.38 Å². The van der Waals surface area contributed by atoms with Gasteiger partial charge in [-0.1, -0.05) is 19.3 Å². The molecule has 2 N–H and O–H groups in total. The lowest BCUT2D eigenvalue weighted by atomic mass is 10.2. The summed E-state index contributed by atoms with van der Waals surface area (Å²) in [6.07, 6.45) is 7.14. The van der Waals surface area contributed by atoms with Crippen LogP contribution in [0.15, 0.2) is 5.38 Å². The molecule has 1 unspecified atom stereocenters. The standard InChI is InChI=1S/C10H12N2O2S/c1-3-5-7(4-2)11-10-12-8(6-15-10)9(13)14/h2,6-7H,3,5H2,1H3,(H,11,12)(H,13,14). The Hall–Kier alpha value is -1.54. The first-order chi connectivity index (χ1) is 7.17. The maximum atomic E-state index is 10.6. The zero-order valence-corrected chi connectivity index (χ0v) is 9.17. The molecular weight excluding hydrogens is 212 g/mol. The van der Waals surface area contributed by atoms with E-state index in [1.807, 2.05) is 6.92 Å². The third kappa shape index (κ3) is 3.26. The van der Waals surface area contributed by atoms with Gasteiger partial charge < -0.3 is 10.4 Å². The normalized spacial score (nSPS) is 11.7. The molecule has 0 saturated carbocycles. The molecule has 0 aromatic carbocycles. The fraction of sp³-hybridized carbons (Fsp3) is 0.400. The number of rotatable bonds is 5. The van der Waals surface area contributed by atoms with Gasteiger partial charge in [0.1, 0.15) is 0 Å². The topological polar surface area (TPSA) is 62.2 Å². The zero-order valence-electron chi connectivity index (χ0n) is 8.36. The van der Waals surface area contributed by atoms with Gasteiger partial charge in [-0.25, -0.2) is 9.78 Å². The Kier molecular flexibility index (Phi) is 4.13. The highest BCUT2D eigenvalue weighted by Crippen LogP contribution is 2.17. The SMILES string of the molecule is C#CC(CCC)Nc1nc(C(=O)O)cs1. The number of hydrogen-bond acceptors (Lipinski definition) is 4. The first-order valence-electron chi connectivity index (χ1n) is 4.58. The molecule has 0 bridgehead atoms. The molecule has 1 aromatic rings. The van der Waals surface area contributed by atoms with E-state index in [1.54, 1.807) is 0 Å². The lowest BCUT2D eigenvalue weighted by Crippen LogP contribution is -2.16. The maximum absolute atomic E-state index is 10.6. The van der Waals surface area contributed by atoms with Crippen molar-refractivity contribution in [2.75, 3.05) is 5.32 Å². The molecule has 0 aliphatic carbocycles. The van der Waals surface area contributed by atoms with Gasteiger partial charge in [0.15, 0.2) is 10.8 Å². The van der Waals surface area contributed by atoms with Crippen molar-refractivity contribution in [2.24, 2.45) is 0 Å². The summed E-state index contributed by atoms with van der Waals surface area (Å²) in [6.45, 7) is 2.04. The third-order valence-corrected chi connectivity index (χ3v) is 2.57. The minimum atomic E-state index is -1.02. The van der Waals surface area contributed by atoms with Crippen LogP contribution in [0.3, 0.4) is 0 Å². The highest BCUT2D eigenvalue weighted by molar-refractivity contribution is 7.13. The molecule has 4 nitrogen and oxygen atoms in total. The average molecular weight is 224 g/mol. The predicted octanol–water partition coefficient (Wildman–Crippen LogP) is 2.06. The molecule has 0 aliphatic rings. The van der Waals surface area contributed by atoms with E-state index in [0.29, 0.717) is 5.13 Å². The summed E-state index contributed by atoms with van der Waals surface area (Å²) < 4.78 is 0. The number of nitrogens with one attached hydrogen (secondary N) is 1. The molecule has 0 spiro atoms. The Labute approximate surface area is 92.4 Å². The number of carboxylic acid groups (broad SMARTS) is 1. The first-order valence-corrected chi connectivity index (χ1v) is 5.46. The number of thiazole rings is 1. The summed E-state index contributed by atoms with van der Waals surface area (Å²) in [7, 11) is 0. The van der Waals surface area contributed by atoms with Crippen molar-refractivity contribution in [3.05, 3.63) is 11.1 Å². The number of nitrogens with zero attached hydrogens (tertiary/aromatic N) is 1. The minimum absolute atomic E-state index is 0.0507. The first kappa shape index (κ1) is 11.5. The summed E-state index contributed by atoms with van der Waals surface area (Å²) in [5.41, 5.74) is 0.0507. The van der Waals surface area contributed by atoms with E-state index in [4.69, 9.17) is 11.5 Å². The highest BCUT2D eigenvalue weighted by atomic mass is 32.1. The third-order valence-electron chi connectivity index (χ3n) is 1.80. The van der Waals surface area contributed by atoms with Gasteiger partial charge >= 0.3 is 5.97 Å². The largest absolute Gasteiger partial charge is 0.476 e. The molecule has 15 heavy (non-hydrogen) atoms. The number of hydrogen-bond donors (Lipinski definition) is 2. The Bertz CT molecular complexity index is 381. The van der Waals surface area contributed by atoms with Crippen LogP contribution >= 0.6 is 11.3 Å². The average Bonchev–Trinajstić information content (AvgIpc) is 2.65. The molecule has 1 heterocycles. The fourth-order valence-electron chi connectivity index (χ4n) is 1.07. The van der Waals surface area contributed by atoms with Crippen LogP contribution in [-0.4, -0.2) is 22.1 Å². The van der Waals surface area contributed by atoms with E-state index in [1.165, 1.54) is 16.7 Å². The molecule has 1 atom stereocenters. The molecule has 0 aliphatic heterocycles. The molecule has 0 fully saturated rings. The van der Waals surface area contributed by atoms with Gasteiger partial charge in [0.05, 0.1) is 6.04 Å². The van der Waals surface area contributed by atoms with Crippen LogP contribution in [0, 0.1) is 12.3 Å². The molecule has 1 aromatic heterocycles. The van der Waals surface area contributed by atoms with Gasteiger partial charge in [-0.2, -0.15) is 0 Å². The number of aromatic nitrogens is 1. The molecular formula is C10H12N2O2S. The monoisotopic (exact) mass is 224 g/mol. The van der Waals surface area contributed by atoms with E-state index in [2.05, 4.69) is 16.2 Å². The summed E-state index contributed by atoms with van der Waals surface area (Å²) in [5.74, 6) is 1.58. The fourth-order valence-corrected chi connectivity index (χ4v) is 1.81. The van der Waals surface area contributed by atoms with Crippen molar-refractivity contribution >= 4 is 22.4 Å². The molecule has 0 amide bonds. The van der Waals surface area contributed by atoms with Crippen molar-refractivity contribution in [3.8, 4) is 12.3 Å². The summed E-state index contributed by atoms with van der Waals surface area (Å²) in [6, 6.07) is -0.0807. The molecule has 5 heteroatoms. The van der Waals surface area contributed by atoms with E-state index in [-0.39, 0.29) is 11.7 Å². The van der Waals surface area contributed by atoms with Crippen molar-refractivity contribution in [3.63, 3.8) is 0 Å². The number of terminal acetylenes is 1. The maximum Gasteiger partial charge on any atom is 0.355 e.